The molecule has 0 spiro atoms. The number of furan rings is 1. The van der Waals surface area contributed by atoms with Crippen LogP contribution in [0.15, 0.2) is 28.2 Å². The van der Waals surface area contributed by atoms with Crippen LogP contribution < -0.4 is 5.73 Å². The molecule has 0 bridgehead atoms. The van der Waals surface area contributed by atoms with Crippen LogP contribution in [-0.4, -0.2) is 52.8 Å². The smallest absolute Gasteiger partial charge is 0.289 e. The maximum atomic E-state index is 12.2. The Bertz CT molecular complexity index is 659. The van der Waals surface area contributed by atoms with Crippen molar-refractivity contribution in [2.75, 3.05) is 31.9 Å². The number of piperazine rings is 1. The minimum Gasteiger partial charge on any atom is -0.459 e. The number of aromatic nitrogens is 1. The molecule has 0 atom stereocenters. The van der Waals surface area contributed by atoms with Crippen LogP contribution in [0, 0.1) is 0 Å². The normalized spacial score (nSPS) is 15.1. The lowest BCUT2D eigenvalue weighted by Gasteiger charge is -2.34. The topological polar surface area (TPSA) is 92.7 Å². The van der Waals surface area contributed by atoms with Gasteiger partial charge >= 0.3 is 0 Å². The number of hydrogen-bond acceptors (Lipinski definition) is 6. The van der Waals surface area contributed by atoms with E-state index in [1.54, 1.807) is 27.3 Å². The minimum absolute atomic E-state index is 0.00963. The SMILES string of the molecule is Nc1nc(CC(=O)N2CCN(C(=O)c3ccco3)CC2)cs1. The fraction of sp³-hybridized carbons (Fsp3) is 0.357. The van der Waals surface area contributed by atoms with Crippen molar-refractivity contribution in [1.82, 2.24) is 14.8 Å². The number of nitrogens with two attached hydrogens (primary N) is 1. The van der Waals surface area contributed by atoms with E-state index in [9.17, 15) is 9.59 Å². The van der Waals surface area contributed by atoms with E-state index in [4.69, 9.17) is 10.2 Å². The molecule has 1 saturated heterocycles. The number of carbonyl (C=O) groups is 2. The predicted octanol–water partition coefficient (Wildman–Crippen LogP) is 0.845. The molecule has 3 heterocycles. The quantitative estimate of drug-likeness (QED) is 0.905. The van der Waals surface area contributed by atoms with Crippen LogP contribution in [-0.2, 0) is 11.2 Å². The maximum Gasteiger partial charge on any atom is 0.289 e. The van der Waals surface area contributed by atoms with Gasteiger partial charge in [0.1, 0.15) is 0 Å². The maximum absolute atomic E-state index is 12.2. The summed E-state index contributed by atoms with van der Waals surface area (Å²) in [6, 6.07) is 3.33. The molecule has 0 radical (unpaired) electrons. The molecule has 2 aromatic heterocycles. The van der Waals surface area contributed by atoms with Crippen molar-refractivity contribution in [3.05, 3.63) is 35.2 Å². The summed E-state index contributed by atoms with van der Waals surface area (Å²) in [7, 11) is 0. The van der Waals surface area contributed by atoms with Crippen molar-refractivity contribution in [3.63, 3.8) is 0 Å². The number of anilines is 1. The van der Waals surface area contributed by atoms with Gasteiger partial charge in [0.15, 0.2) is 10.9 Å². The third-order valence-electron chi connectivity index (χ3n) is 3.55. The van der Waals surface area contributed by atoms with Crippen LogP contribution in [0.3, 0.4) is 0 Å². The highest BCUT2D eigenvalue weighted by Crippen LogP contribution is 2.14. The number of nitrogens with zero attached hydrogens (tertiary/aromatic N) is 3. The van der Waals surface area contributed by atoms with E-state index < -0.39 is 0 Å². The van der Waals surface area contributed by atoms with Crippen LogP contribution in [0.5, 0.6) is 0 Å². The number of thiazole rings is 1. The average Bonchev–Trinajstić information content (AvgIpc) is 3.18. The Kier molecular flexibility index (Phi) is 4.10. The predicted molar refractivity (Wildman–Crippen MR) is 81.4 cm³/mol. The van der Waals surface area contributed by atoms with Gasteiger partial charge in [-0.15, -0.1) is 11.3 Å². The lowest BCUT2D eigenvalue weighted by Crippen LogP contribution is -2.50. The summed E-state index contributed by atoms with van der Waals surface area (Å²) < 4.78 is 5.11. The molecule has 1 fully saturated rings. The average molecular weight is 320 g/mol. The van der Waals surface area contributed by atoms with Gasteiger partial charge in [-0.05, 0) is 12.1 Å². The van der Waals surface area contributed by atoms with Gasteiger partial charge in [0, 0.05) is 31.6 Å². The van der Waals surface area contributed by atoms with E-state index in [-0.39, 0.29) is 18.2 Å². The number of amides is 2. The first kappa shape index (κ1) is 14.6. The molecule has 0 aromatic carbocycles. The minimum atomic E-state index is -0.135. The van der Waals surface area contributed by atoms with Crippen molar-refractivity contribution in [1.29, 1.82) is 0 Å². The second kappa shape index (κ2) is 6.18. The standard InChI is InChI=1S/C14H16N4O3S/c15-14-16-10(9-22-14)8-12(19)17-3-5-18(6-4-17)13(20)11-2-1-7-21-11/h1-2,7,9H,3-6,8H2,(H2,15,16). The van der Waals surface area contributed by atoms with Crippen LogP contribution in [0.25, 0.3) is 0 Å². The lowest BCUT2D eigenvalue weighted by atomic mass is 10.2. The number of rotatable bonds is 3. The van der Waals surface area contributed by atoms with Gasteiger partial charge in [0.05, 0.1) is 18.4 Å². The first-order valence-corrected chi connectivity index (χ1v) is 7.82. The highest BCUT2D eigenvalue weighted by Gasteiger charge is 2.26. The second-order valence-electron chi connectivity index (χ2n) is 5.00. The number of carbonyl (C=O) groups excluding carboxylic acids is 2. The molecule has 2 aromatic rings. The summed E-state index contributed by atoms with van der Waals surface area (Å²) in [5, 5.41) is 2.26. The Hall–Kier alpha value is -2.35. The summed E-state index contributed by atoms with van der Waals surface area (Å²) >= 11 is 1.33. The molecule has 1 aliphatic heterocycles. The summed E-state index contributed by atoms with van der Waals surface area (Å²) in [6.07, 6.45) is 1.73. The van der Waals surface area contributed by atoms with Crippen molar-refractivity contribution in [3.8, 4) is 0 Å². The van der Waals surface area contributed by atoms with E-state index in [2.05, 4.69) is 4.98 Å². The van der Waals surface area contributed by atoms with E-state index in [0.717, 1.165) is 0 Å². The molecule has 2 N–H and O–H groups in total. The molecule has 22 heavy (non-hydrogen) atoms. The highest BCUT2D eigenvalue weighted by molar-refractivity contribution is 7.13. The van der Waals surface area contributed by atoms with Crippen molar-refractivity contribution >= 4 is 28.3 Å². The van der Waals surface area contributed by atoms with Gasteiger partial charge in [-0.25, -0.2) is 4.98 Å². The van der Waals surface area contributed by atoms with Gasteiger partial charge in [0.2, 0.25) is 5.91 Å². The van der Waals surface area contributed by atoms with E-state index in [1.165, 1.54) is 17.6 Å². The Morgan fingerprint density at radius 3 is 2.59 bits per heavy atom. The summed E-state index contributed by atoms with van der Waals surface area (Å²) in [5.74, 6) is 0.206. The largest absolute Gasteiger partial charge is 0.459 e. The van der Waals surface area contributed by atoms with Crippen molar-refractivity contribution in [2.24, 2.45) is 0 Å². The highest BCUT2D eigenvalue weighted by atomic mass is 32.1. The Labute approximate surface area is 131 Å². The fourth-order valence-electron chi connectivity index (χ4n) is 2.39. The van der Waals surface area contributed by atoms with Crippen LogP contribution in [0.1, 0.15) is 16.2 Å². The van der Waals surface area contributed by atoms with Crippen molar-refractivity contribution < 1.29 is 14.0 Å². The van der Waals surface area contributed by atoms with E-state index >= 15 is 0 Å². The molecule has 2 amide bonds. The van der Waals surface area contributed by atoms with Gasteiger partial charge in [-0.1, -0.05) is 0 Å². The molecule has 0 unspecified atom stereocenters. The van der Waals surface area contributed by atoms with Gasteiger partial charge < -0.3 is 20.0 Å². The summed E-state index contributed by atoms with van der Waals surface area (Å²) in [5.41, 5.74) is 6.26. The van der Waals surface area contributed by atoms with Gasteiger partial charge in [-0.2, -0.15) is 0 Å². The lowest BCUT2D eigenvalue weighted by molar-refractivity contribution is -0.132. The number of hydrogen-bond donors (Lipinski definition) is 1. The molecule has 7 nitrogen and oxygen atoms in total. The molecule has 116 valence electrons. The monoisotopic (exact) mass is 320 g/mol. The fourth-order valence-corrected chi connectivity index (χ4v) is 2.95. The zero-order chi connectivity index (χ0) is 15.5. The van der Waals surface area contributed by atoms with Crippen molar-refractivity contribution in [2.45, 2.75) is 6.42 Å². The molecule has 0 saturated carbocycles. The van der Waals surface area contributed by atoms with Crippen LogP contribution in [0.2, 0.25) is 0 Å². The zero-order valence-electron chi connectivity index (χ0n) is 11.9. The van der Waals surface area contributed by atoms with Crippen LogP contribution >= 0.6 is 11.3 Å². The zero-order valence-corrected chi connectivity index (χ0v) is 12.7. The summed E-state index contributed by atoms with van der Waals surface area (Å²) in [4.78, 5) is 31.9. The first-order valence-electron chi connectivity index (χ1n) is 6.94. The third kappa shape index (κ3) is 3.11. The Balaban J connectivity index is 1.53. The molecule has 1 aliphatic rings. The van der Waals surface area contributed by atoms with E-state index in [0.29, 0.717) is 42.8 Å². The number of nitrogen functional groups attached to an aromatic ring is 1. The van der Waals surface area contributed by atoms with Gasteiger partial charge in [0.25, 0.3) is 5.91 Å². The van der Waals surface area contributed by atoms with Crippen LogP contribution in [0.4, 0.5) is 5.13 Å². The Morgan fingerprint density at radius 2 is 2.00 bits per heavy atom. The Morgan fingerprint density at radius 1 is 1.27 bits per heavy atom. The summed E-state index contributed by atoms with van der Waals surface area (Å²) in [6.45, 7) is 2.05. The molecule has 8 heteroatoms. The molecular weight excluding hydrogens is 304 g/mol. The second-order valence-corrected chi connectivity index (χ2v) is 5.89. The molecule has 3 rings (SSSR count). The molecular formula is C14H16N4O3S. The van der Waals surface area contributed by atoms with E-state index in [1.807, 2.05) is 0 Å². The third-order valence-corrected chi connectivity index (χ3v) is 4.28. The first-order chi connectivity index (χ1) is 10.6. The van der Waals surface area contributed by atoms with Gasteiger partial charge in [-0.3, -0.25) is 9.59 Å². The molecule has 0 aliphatic carbocycles.